The Morgan fingerprint density at radius 3 is 2.36 bits per heavy atom. The van der Waals surface area contributed by atoms with Gasteiger partial charge in [-0.1, -0.05) is 84.7 Å². The average molecular weight is 756 g/mol. The van der Waals surface area contributed by atoms with Crippen molar-refractivity contribution in [3.8, 4) is 0 Å². The number of aliphatic carboxylic acids is 1. The van der Waals surface area contributed by atoms with Gasteiger partial charge in [-0.2, -0.15) is 0 Å². The fourth-order valence-electron chi connectivity index (χ4n) is 6.75. The third-order valence-corrected chi connectivity index (χ3v) is 11.4. The van der Waals surface area contributed by atoms with Crippen molar-refractivity contribution in [3.63, 3.8) is 0 Å². The van der Waals surface area contributed by atoms with Crippen molar-refractivity contribution in [1.82, 2.24) is 25.4 Å². The summed E-state index contributed by atoms with van der Waals surface area (Å²) < 4.78 is 5.62. The normalized spacial score (nSPS) is 18.2. The van der Waals surface area contributed by atoms with Crippen molar-refractivity contribution in [1.29, 1.82) is 0 Å². The summed E-state index contributed by atoms with van der Waals surface area (Å²) >= 11 is 1.35. The summed E-state index contributed by atoms with van der Waals surface area (Å²) in [5, 5.41) is 18.0. The molecule has 0 saturated carbocycles. The SMILES string of the molecule is CC[C@H](C)[C@H](NC(=O)[C@H]1CCCCN1C)C(=O)N(C)[C@H](CCc1nc(C(=O)N[C@@H](Cc2ccccc2)C[C@H](C)C(=O)O)cs1)C(C)COC(=O)C(C)C. The van der Waals surface area contributed by atoms with Gasteiger partial charge >= 0.3 is 11.9 Å². The van der Waals surface area contributed by atoms with E-state index in [-0.39, 0.29) is 72.2 Å². The highest BCUT2D eigenvalue weighted by Gasteiger charge is 2.36. The second kappa shape index (κ2) is 21.2. The number of nitrogens with one attached hydrogen (secondary N) is 2. The van der Waals surface area contributed by atoms with Crippen LogP contribution in [-0.4, -0.2) is 101 Å². The Bertz CT molecular complexity index is 1500. The van der Waals surface area contributed by atoms with Gasteiger partial charge in [-0.25, -0.2) is 4.98 Å². The number of carboxylic acid groups (broad SMARTS) is 1. The Morgan fingerprint density at radius 2 is 1.74 bits per heavy atom. The summed E-state index contributed by atoms with van der Waals surface area (Å²) in [6.45, 7) is 12.1. The van der Waals surface area contributed by atoms with Gasteiger partial charge < -0.3 is 25.4 Å². The lowest BCUT2D eigenvalue weighted by atomic mass is 9.92. The molecule has 1 fully saturated rings. The first kappa shape index (κ1) is 43.6. The molecule has 1 aromatic heterocycles. The predicted molar refractivity (Wildman–Crippen MR) is 206 cm³/mol. The lowest BCUT2D eigenvalue weighted by Crippen LogP contribution is -2.58. The van der Waals surface area contributed by atoms with Crippen LogP contribution in [0.25, 0.3) is 0 Å². The summed E-state index contributed by atoms with van der Waals surface area (Å²) in [6.07, 6.45) is 5.16. The number of thiazole rings is 1. The van der Waals surface area contributed by atoms with Crippen LogP contribution in [0.3, 0.4) is 0 Å². The van der Waals surface area contributed by atoms with E-state index < -0.39 is 24.0 Å². The molecular weight excluding hydrogens is 695 g/mol. The molecule has 3 N–H and O–H groups in total. The van der Waals surface area contributed by atoms with Gasteiger partial charge in [0.05, 0.1) is 29.5 Å². The molecule has 294 valence electrons. The number of carbonyl (C=O) groups is 5. The highest BCUT2D eigenvalue weighted by molar-refractivity contribution is 7.09. The van der Waals surface area contributed by atoms with E-state index in [9.17, 15) is 29.1 Å². The van der Waals surface area contributed by atoms with Crippen LogP contribution in [-0.2, 0) is 36.8 Å². The summed E-state index contributed by atoms with van der Waals surface area (Å²) in [5.74, 6) is -3.22. The summed E-state index contributed by atoms with van der Waals surface area (Å²) in [6, 6.07) is 7.86. The minimum absolute atomic E-state index is 0.109. The molecule has 2 aromatic rings. The van der Waals surface area contributed by atoms with Crippen LogP contribution in [0.2, 0.25) is 0 Å². The highest BCUT2D eigenvalue weighted by atomic mass is 32.1. The minimum atomic E-state index is -0.922. The number of esters is 1. The molecule has 53 heavy (non-hydrogen) atoms. The number of benzene rings is 1. The number of likely N-dealkylation sites (N-methyl/N-ethyl adjacent to an activating group) is 2. The zero-order valence-electron chi connectivity index (χ0n) is 32.8. The van der Waals surface area contributed by atoms with Crippen LogP contribution >= 0.6 is 11.3 Å². The van der Waals surface area contributed by atoms with Crippen molar-refractivity contribution in [2.24, 2.45) is 23.7 Å². The van der Waals surface area contributed by atoms with Crippen molar-refractivity contribution in [2.45, 2.75) is 117 Å². The molecule has 1 aliphatic rings. The molecule has 1 saturated heterocycles. The predicted octanol–water partition coefficient (Wildman–Crippen LogP) is 5.21. The van der Waals surface area contributed by atoms with E-state index in [2.05, 4.69) is 20.5 Å². The number of rotatable bonds is 20. The number of ether oxygens (including phenoxy) is 1. The molecule has 3 amide bonds. The quantitative estimate of drug-likeness (QED) is 0.155. The monoisotopic (exact) mass is 755 g/mol. The van der Waals surface area contributed by atoms with Crippen LogP contribution in [0.15, 0.2) is 35.7 Å². The Balaban J connectivity index is 1.77. The van der Waals surface area contributed by atoms with Gasteiger partial charge in [-0.05, 0) is 57.2 Å². The maximum Gasteiger partial charge on any atom is 0.308 e. The molecule has 1 unspecified atom stereocenters. The number of hydrogen-bond acceptors (Lipinski definition) is 9. The zero-order chi connectivity index (χ0) is 39.2. The second-order valence-electron chi connectivity index (χ2n) is 15.1. The Kier molecular flexibility index (Phi) is 17.4. The number of carbonyl (C=O) groups excluding carboxylic acids is 4. The van der Waals surface area contributed by atoms with Crippen molar-refractivity contribution in [2.75, 3.05) is 27.2 Å². The van der Waals surface area contributed by atoms with Gasteiger partial charge in [-0.3, -0.25) is 28.9 Å². The van der Waals surface area contributed by atoms with E-state index in [1.165, 1.54) is 11.3 Å². The minimum Gasteiger partial charge on any atom is -0.481 e. The number of hydrogen-bond donors (Lipinski definition) is 3. The lowest BCUT2D eigenvalue weighted by Gasteiger charge is -2.38. The number of aryl methyl sites for hydroxylation is 1. The fourth-order valence-corrected chi connectivity index (χ4v) is 7.55. The fraction of sp³-hybridized carbons (Fsp3) is 0.650. The van der Waals surface area contributed by atoms with Crippen LogP contribution < -0.4 is 10.6 Å². The smallest absolute Gasteiger partial charge is 0.308 e. The first-order chi connectivity index (χ1) is 25.1. The van der Waals surface area contributed by atoms with Gasteiger partial charge in [0.1, 0.15) is 11.7 Å². The molecule has 0 bridgehead atoms. The van der Waals surface area contributed by atoms with Gasteiger partial charge in [0, 0.05) is 36.9 Å². The first-order valence-corrected chi connectivity index (χ1v) is 20.0. The molecular formula is C40H61N5O7S. The van der Waals surface area contributed by atoms with E-state index in [1.54, 1.807) is 38.1 Å². The van der Waals surface area contributed by atoms with E-state index in [0.717, 1.165) is 31.4 Å². The standard InChI is InChI=1S/C40H61N5O7S/c1-9-26(4)35(43-37(47)33-17-13-14-20-44(33)7)38(48)45(8)32(28(6)23-52-40(51)25(2)3)18-19-34-42-31(24-53-34)36(46)41-30(21-27(5)39(49)50)22-29-15-11-10-12-16-29/h10-12,15-16,24-28,30,32-33,35H,9,13-14,17-23H2,1-8H3,(H,41,46)(H,43,47)(H,49,50)/t26-,27-,28?,30+,32+,33+,35-/m0/s1. The van der Waals surface area contributed by atoms with Gasteiger partial charge in [0.15, 0.2) is 0 Å². The molecule has 13 heteroatoms. The topological polar surface area (TPSA) is 158 Å². The van der Waals surface area contributed by atoms with Crippen LogP contribution in [0.5, 0.6) is 0 Å². The number of piperidine rings is 1. The lowest BCUT2D eigenvalue weighted by molar-refractivity contribution is -0.150. The van der Waals surface area contributed by atoms with Crippen molar-refractivity contribution in [3.05, 3.63) is 52.0 Å². The summed E-state index contributed by atoms with van der Waals surface area (Å²) in [5.41, 5.74) is 1.24. The number of likely N-dealkylation sites (tertiary alicyclic amines) is 1. The van der Waals surface area contributed by atoms with E-state index in [0.29, 0.717) is 30.7 Å². The average Bonchev–Trinajstić information content (AvgIpc) is 3.61. The maximum absolute atomic E-state index is 14.3. The first-order valence-electron chi connectivity index (χ1n) is 19.1. The van der Waals surface area contributed by atoms with Gasteiger partial charge in [0.2, 0.25) is 11.8 Å². The number of amides is 3. The van der Waals surface area contributed by atoms with Gasteiger partial charge in [-0.15, -0.1) is 11.3 Å². The van der Waals surface area contributed by atoms with Crippen molar-refractivity contribution >= 4 is 41.0 Å². The van der Waals surface area contributed by atoms with E-state index in [1.807, 2.05) is 58.2 Å². The molecule has 1 aliphatic heterocycles. The largest absolute Gasteiger partial charge is 0.481 e. The molecule has 3 rings (SSSR count). The molecule has 0 spiro atoms. The molecule has 0 aliphatic carbocycles. The molecule has 0 radical (unpaired) electrons. The van der Waals surface area contributed by atoms with Crippen molar-refractivity contribution < 1.29 is 33.8 Å². The van der Waals surface area contributed by atoms with Crippen LogP contribution in [0, 0.1) is 23.7 Å². The summed E-state index contributed by atoms with van der Waals surface area (Å²) in [7, 11) is 3.69. The third-order valence-electron chi connectivity index (χ3n) is 10.5. The van der Waals surface area contributed by atoms with Gasteiger partial charge in [0.25, 0.3) is 5.91 Å². The molecule has 1 aromatic carbocycles. The van der Waals surface area contributed by atoms with E-state index in [4.69, 9.17) is 4.74 Å². The number of aromatic nitrogens is 1. The molecule has 2 heterocycles. The van der Waals surface area contributed by atoms with E-state index >= 15 is 0 Å². The third kappa shape index (κ3) is 13.2. The Morgan fingerprint density at radius 1 is 1.04 bits per heavy atom. The number of carboxylic acids is 1. The highest BCUT2D eigenvalue weighted by Crippen LogP contribution is 2.24. The maximum atomic E-state index is 14.3. The Hall–Kier alpha value is -3.84. The second-order valence-corrected chi connectivity index (χ2v) is 16.1. The molecule has 12 nitrogen and oxygen atoms in total. The summed E-state index contributed by atoms with van der Waals surface area (Å²) in [4.78, 5) is 73.5. The molecule has 7 atom stereocenters. The van der Waals surface area contributed by atoms with Crippen LogP contribution in [0.1, 0.15) is 101 Å². The van der Waals surface area contributed by atoms with Crippen LogP contribution in [0.4, 0.5) is 0 Å². The Labute approximate surface area is 319 Å². The zero-order valence-corrected chi connectivity index (χ0v) is 33.6. The number of nitrogens with zero attached hydrogens (tertiary/aromatic N) is 3.